The van der Waals surface area contributed by atoms with Gasteiger partial charge in [-0.15, -0.1) is 11.3 Å². The second-order valence-corrected chi connectivity index (χ2v) is 5.65. The van der Waals surface area contributed by atoms with E-state index in [1.165, 1.54) is 5.56 Å². The molecule has 1 aromatic carbocycles. The van der Waals surface area contributed by atoms with E-state index in [1.54, 1.807) is 18.4 Å². The van der Waals surface area contributed by atoms with Crippen molar-refractivity contribution in [1.29, 1.82) is 0 Å². The Hall–Kier alpha value is -0.840. The number of nitrogens with two attached hydrogens (primary N) is 1. The van der Waals surface area contributed by atoms with Gasteiger partial charge in [-0.1, -0.05) is 28.1 Å². The number of ether oxygens (including phenoxy) is 1. The van der Waals surface area contributed by atoms with Crippen molar-refractivity contribution in [3.05, 3.63) is 50.6 Å². The first-order chi connectivity index (χ1) is 8.20. The summed E-state index contributed by atoms with van der Waals surface area (Å²) in [6.45, 7) is 0. The third-order valence-corrected chi connectivity index (χ3v) is 4.14. The van der Waals surface area contributed by atoms with Gasteiger partial charge in [0.25, 0.3) is 0 Å². The lowest BCUT2D eigenvalue weighted by molar-refractivity contribution is 0.409. The van der Waals surface area contributed by atoms with E-state index in [1.807, 2.05) is 23.6 Å². The molecule has 2 rings (SSSR count). The highest BCUT2D eigenvalue weighted by molar-refractivity contribution is 9.10. The van der Waals surface area contributed by atoms with E-state index in [-0.39, 0.29) is 6.04 Å². The van der Waals surface area contributed by atoms with Gasteiger partial charge in [0, 0.05) is 10.5 Å². The molecule has 90 valence electrons. The Morgan fingerprint density at radius 2 is 2.00 bits per heavy atom. The van der Waals surface area contributed by atoms with E-state index in [0.717, 1.165) is 21.5 Å². The smallest absolute Gasteiger partial charge is 0.134 e. The summed E-state index contributed by atoms with van der Waals surface area (Å²) < 4.78 is 6.37. The van der Waals surface area contributed by atoms with Crippen LogP contribution in [-0.2, 0) is 6.42 Å². The normalized spacial score (nSPS) is 12.4. The van der Waals surface area contributed by atoms with E-state index >= 15 is 0 Å². The van der Waals surface area contributed by atoms with Crippen LogP contribution in [0, 0.1) is 0 Å². The first-order valence-corrected chi connectivity index (χ1v) is 6.99. The zero-order valence-corrected chi connectivity index (χ0v) is 11.9. The topological polar surface area (TPSA) is 35.2 Å². The number of methoxy groups -OCH3 is 1. The maximum Gasteiger partial charge on any atom is 0.134 e. The van der Waals surface area contributed by atoms with E-state index in [2.05, 4.69) is 28.1 Å². The largest absolute Gasteiger partial charge is 0.496 e. The zero-order chi connectivity index (χ0) is 12.3. The second kappa shape index (κ2) is 5.67. The predicted octanol–water partition coefficient (Wildman–Crippen LogP) is 3.76. The monoisotopic (exact) mass is 311 g/mol. The molecule has 0 saturated heterocycles. The number of hydrogen-bond acceptors (Lipinski definition) is 3. The van der Waals surface area contributed by atoms with Gasteiger partial charge in [0.05, 0.1) is 12.0 Å². The van der Waals surface area contributed by atoms with Gasteiger partial charge >= 0.3 is 0 Å². The Morgan fingerprint density at radius 3 is 2.65 bits per heavy atom. The number of thiophene rings is 1. The average molecular weight is 312 g/mol. The minimum atomic E-state index is -0.00822. The molecule has 4 heteroatoms. The molecule has 1 unspecified atom stereocenters. The summed E-state index contributed by atoms with van der Waals surface area (Å²) in [5.41, 5.74) is 7.44. The highest BCUT2D eigenvalue weighted by Gasteiger charge is 2.13. The van der Waals surface area contributed by atoms with Gasteiger partial charge in [-0.05, 0) is 35.6 Å². The molecule has 2 nitrogen and oxygen atoms in total. The van der Waals surface area contributed by atoms with E-state index in [0.29, 0.717) is 0 Å². The summed E-state index contributed by atoms with van der Waals surface area (Å²) in [4.78, 5) is 1.11. The third kappa shape index (κ3) is 3.09. The zero-order valence-electron chi connectivity index (χ0n) is 9.52. The first kappa shape index (κ1) is 12.6. The Kier molecular flexibility index (Phi) is 4.20. The van der Waals surface area contributed by atoms with Gasteiger partial charge in [-0.2, -0.15) is 0 Å². The van der Waals surface area contributed by atoms with Crippen molar-refractivity contribution in [2.45, 2.75) is 12.5 Å². The molecular formula is C13H14BrNOS. The molecule has 17 heavy (non-hydrogen) atoms. The molecular weight excluding hydrogens is 298 g/mol. The molecule has 1 heterocycles. The number of rotatable bonds is 4. The molecule has 0 fully saturated rings. The summed E-state index contributed by atoms with van der Waals surface area (Å²) >= 11 is 5.07. The molecule has 0 aliphatic carbocycles. The van der Waals surface area contributed by atoms with E-state index < -0.39 is 0 Å². The molecule has 0 saturated carbocycles. The molecule has 0 aliphatic rings. The number of benzene rings is 1. The third-order valence-electron chi connectivity index (χ3n) is 2.58. The van der Waals surface area contributed by atoms with Crippen LogP contribution in [0.15, 0.2) is 40.2 Å². The van der Waals surface area contributed by atoms with Crippen molar-refractivity contribution >= 4 is 27.3 Å². The Bertz CT molecular complexity index is 480. The van der Waals surface area contributed by atoms with E-state index in [9.17, 15) is 0 Å². The maximum atomic E-state index is 6.20. The Morgan fingerprint density at radius 1 is 1.29 bits per heavy atom. The Balaban J connectivity index is 2.11. The number of halogens is 1. The molecule has 0 bridgehead atoms. The van der Waals surface area contributed by atoms with Crippen LogP contribution in [0.25, 0.3) is 0 Å². The minimum Gasteiger partial charge on any atom is -0.496 e. The van der Waals surface area contributed by atoms with Gasteiger partial charge in [0.1, 0.15) is 5.75 Å². The molecule has 0 aliphatic heterocycles. The molecule has 1 atom stereocenters. The second-order valence-electron chi connectivity index (χ2n) is 3.79. The van der Waals surface area contributed by atoms with Crippen molar-refractivity contribution in [3.63, 3.8) is 0 Å². The van der Waals surface area contributed by atoms with Crippen LogP contribution in [0.3, 0.4) is 0 Å². The summed E-state index contributed by atoms with van der Waals surface area (Å²) in [6.07, 6.45) is 0.824. The van der Waals surface area contributed by atoms with Gasteiger partial charge < -0.3 is 10.5 Å². The molecule has 2 N–H and O–H groups in total. The average Bonchev–Trinajstić information content (AvgIpc) is 2.80. The highest BCUT2D eigenvalue weighted by Crippen LogP contribution is 2.31. The summed E-state index contributed by atoms with van der Waals surface area (Å²) in [7, 11) is 1.68. The van der Waals surface area contributed by atoms with Gasteiger partial charge in [0.15, 0.2) is 0 Å². The van der Waals surface area contributed by atoms with Crippen LogP contribution >= 0.6 is 27.3 Å². The molecule has 2 aromatic rings. The van der Waals surface area contributed by atoms with Crippen molar-refractivity contribution in [1.82, 2.24) is 0 Å². The lowest BCUT2D eigenvalue weighted by Gasteiger charge is -2.12. The summed E-state index contributed by atoms with van der Waals surface area (Å²) in [6, 6.07) is 10.2. The van der Waals surface area contributed by atoms with Crippen LogP contribution in [-0.4, -0.2) is 7.11 Å². The van der Waals surface area contributed by atoms with Gasteiger partial charge in [0.2, 0.25) is 0 Å². The SMILES string of the molecule is COc1ccsc1C(N)Cc1ccc(Br)cc1. The number of hydrogen-bond donors (Lipinski definition) is 1. The van der Waals surface area contributed by atoms with Crippen LogP contribution in [0.5, 0.6) is 5.75 Å². The first-order valence-electron chi connectivity index (χ1n) is 5.32. The lowest BCUT2D eigenvalue weighted by Crippen LogP contribution is -2.12. The molecule has 0 radical (unpaired) electrons. The summed E-state index contributed by atoms with van der Waals surface area (Å²) in [5.74, 6) is 0.889. The van der Waals surface area contributed by atoms with E-state index in [4.69, 9.17) is 10.5 Å². The van der Waals surface area contributed by atoms with Crippen molar-refractivity contribution < 1.29 is 4.74 Å². The maximum absolute atomic E-state index is 6.20. The van der Waals surface area contributed by atoms with Crippen LogP contribution in [0.1, 0.15) is 16.5 Å². The summed E-state index contributed by atoms with van der Waals surface area (Å²) in [5, 5.41) is 2.01. The molecule has 1 aromatic heterocycles. The fourth-order valence-corrected chi connectivity index (χ4v) is 2.84. The van der Waals surface area contributed by atoms with Gasteiger partial charge in [-0.3, -0.25) is 0 Å². The standard InChI is InChI=1S/C13H14BrNOS/c1-16-12-6-7-17-13(12)11(15)8-9-2-4-10(14)5-3-9/h2-7,11H,8,15H2,1H3. The van der Waals surface area contributed by atoms with Crippen molar-refractivity contribution in [2.75, 3.05) is 7.11 Å². The van der Waals surface area contributed by atoms with Crippen molar-refractivity contribution in [3.8, 4) is 5.75 Å². The lowest BCUT2D eigenvalue weighted by atomic mass is 10.1. The fraction of sp³-hybridized carbons (Fsp3) is 0.231. The van der Waals surface area contributed by atoms with Gasteiger partial charge in [-0.25, -0.2) is 0 Å². The predicted molar refractivity (Wildman–Crippen MR) is 75.6 cm³/mol. The quantitative estimate of drug-likeness (QED) is 0.933. The van der Waals surface area contributed by atoms with Crippen LogP contribution < -0.4 is 10.5 Å². The highest BCUT2D eigenvalue weighted by atomic mass is 79.9. The minimum absolute atomic E-state index is 0.00822. The van der Waals surface area contributed by atoms with Crippen molar-refractivity contribution in [2.24, 2.45) is 5.73 Å². The van der Waals surface area contributed by atoms with Crippen LogP contribution in [0.4, 0.5) is 0 Å². The molecule has 0 spiro atoms. The fourth-order valence-electron chi connectivity index (χ4n) is 1.72. The Labute approximate surface area is 114 Å². The molecule has 0 amide bonds. The van der Waals surface area contributed by atoms with Crippen LogP contribution in [0.2, 0.25) is 0 Å².